The third kappa shape index (κ3) is 2.10. The summed E-state index contributed by atoms with van der Waals surface area (Å²) in [6, 6.07) is 8.49. The van der Waals surface area contributed by atoms with E-state index in [1.807, 2.05) is 0 Å². The molecule has 1 aromatic heterocycles. The smallest absolute Gasteiger partial charge is 0.255 e. The molecule has 3 nitrogen and oxygen atoms in total. The minimum atomic E-state index is 0.0665. The van der Waals surface area contributed by atoms with Gasteiger partial charge in [-0.1, -0.05) is 36.0 Å². The van der Waals surface area contributed by atoms with Gasteiger partial charge in [0, 0.05) is 11.3 Å². The second-order valence-corrected chi connectivity index (χ2v) is 5.41. The summed E-state index contributed by atoms with van der Waals surface area (Å²) >= 11 is 1.64. The summed E-state index contributed by atoms with van der Waals surface area (Å²) in [5, 5.41) is 1.06. The molecule has 0 saturated heterocycles. The number of nitrogens with two attached hydrogens (primary N) is 1. The van der Waals surface area contributed by atoms with E-state index in [-0.39, 0.29) is 6.04 Å². The topological polar surface area (TPSA) is 52.0 Å². The SMILES string of the molecule is NC1c2ccccc2CCC1Sc1ncco1. The summed E-state index contributed by atoms with van der Waals surface area (Å²) in [5.74, 6) is 0. The predicted molar refractivity (Wildman–Crippen MR) is 67.8 cm³/mol. The monoisotopic (exact) mass is 246 g/mol. The Kier molecular flexibility index (Phi) is 2.91. The van der Waals surface area contributed by atoms with Crippen molar-refractivity contribution in [1.82, 2.24) is 4.98 Å². The Morgan fingerprint density at radius 1 is 1.35 bits per heavy atom. The number of oxazole rings is 1. The van der Waals surface area contributed by atoms with Crippen molar-refractivity contribution in [2.75, 3.05) is 0 Å². The van der Waals surface area contributed by atoms with Gasteiger partial charge in [0.2, 0.25) is 0 Å². The van der Waals surface area contributed by atoms with Gasteiger partial charge >= 0.3 is 0 Å². The van der Waals surface area contributed by atoms with Crippen molar-refractivity contribution < 1.29 is 4.42 Å². The number of hydrogen-bond acceptors (Lipinski definition) is 4. The Morgan fingerprint density at radius 2 is 2.24 bits per heavy atom. The molecule has 2 atom stereocenters. The molecular formula is C13H14N2OS. The number of fused-ring (bicyclic) bond motifs is 1. The summed E-state index contributed by atoms with van der Waals surface area (Å²) in [5.41, 5.74) is 8.96. The van der Waals surface area contributed by atoms with Crippen molar-refractivity contribution in [3.63, 3.8) is 0 Å². The zero-order valence-electron chi connectivity index (χ0n) is 9.37. The third-order valence-electron chi connectivity index (χ3n) is 3.17. The molecule has 2 aromatic rings. The van der Waals surface area contributed by atoms with Crippen LogP contribution in [-0.4, -0.2) is 10.2 Å². The van der Waals surface area contributed by atoms with Crippen molar-refractivity contribution >= 4 is 11.8 Å². The normalized spacial score (nSPS) is 23.4. The first-order chi connectivity index (χ1) is 8.34. The van der Waals surface area contributed by atoms with E-state index in [9.17, 15) is 0 Å². The first-order valence-electron chi connectivity index (χ1n) is 5.74. The van der Waals surface area contributed by atoms with Crippen LogP contribution in [0, 0.1) is 0 Å². The Hall–Kier alpha value is -1.26. The van der Waals surface area contributed by atoms with Crippen LogP contribution in [0.3, 0.4) is 0 Å². The fourth-order valence-corrected chi connectivity index (χ4v) is 3.32. The maximum Gasteiger partial charge on any atom is 0.255 e. The molecule has 1 aromatic carbocycles. The van der Waals surface area contributed by atoms with Crippen LogP contribution in [0.25, 0.3) is 0 Å². The highest BCUT2D eigenvalue weighted by atomic mass is 32.2. The molecule has 0 saturated carbocycles. The van der Waals surface area contributed by atoms with E-state index in [4.69, 9.17) is 10.2 Å². The minimum Gasteiger partial charge on any atom is -0.440 e. The van der Waals surface area contributed by atoms with Gasteiger partial charge in [0.15, 0.2) is 0 Å². The van der Waals surface area contributed by atoms with Crippen molar-refractivity contribution in [3.05, 3.63) is 47.9 Å². The second kappa shape index (κ2) is 4.55. The molecule has 2 unspecified atom stereocenters. The number of rotatable bonds is 2. The van der Waals surface area contributed by atoms with E-state index in [0.717, 1.165) is 12.8 Å². The zero-order chi connectivity index (χ0) is 11.7. The summed E-state index contributed by atoms with van der Waals surface area (Å²) in [6.07, 6.45) is 5.43. The summed E-state index contributed by atoms with van der Waals surface area (Å²) < 4.78 is 5.27. The lowest BCUT2D eigenvalue weighted by Gasteiger charge is -2.29. The Morgan fingerprint density at radius 3 is 3.06 bits per heavy atom. The van der Waals surface area contributed by atoms with Crippen LogP contribution in [0.4, 0.5) is 0 Å². The summed E-state index contributed by atoms with van der Waals surface area (Å²) in [6.45, 7) is 0. The fourth-order valence-electron chi connectivity index (χ4n) is 2.29. The molecule has 0 radical (unpaired) electrons. The number of aromatic nitrogens is 1. The van der Waals surface area contributed by atoms with Crippen LogP contribution in [0.2, 0.25) is 0 Å². The lowest BCUT2D eigenvalue weighted by molar-refractivity contribution is 0.450. The molecule has 0 spiro atoms. The first-order valence-corrected chi connectivity index (χ1v) is 6.62. The molecule has 0 amide bonds. The second-order valence-electron chi connectivity index (χ2n) is 4.22. The fraction of sp³-hybridized carbons (Fsp3) is 0.308. The minimum absolute atomic E-state index is 0.0665. The number of nitrogens with zero attached hydrogens (tertiary/aromatic N) is 1. The summed E-state index contributed by atoms with van der Waals surface area (Å²) in [4.78, 5) is 4.14. The van der Waals surface area contributed by atoms with Crippen molar-refractivity contribution in [2.45, 2.75) is 29.4 Å². The van der Waals surface area contributed by atoms with Gasteiger partial charge in [-0.05, 0) is 24.0 Å². The Labute approximate surface area is 104 Å². The largest absolute Gasteiger partial charge is 0.440 e. The van der Waals surface area contributed by atoms with Gasteiger partial charge in [-0.3, -0.25) is 0 Å². The van der Waals surface area contributed by atoms with Gasteiger partial charge in [-0.2, -0.15) is 0 Å². The van der Waals surface area contributed by atoms with Crippen LogP contribution in [-0.2, 0) is 6.42 Å². The van der Waals surface area contributed by atoms with Crippen molar-refractivity contribution in [1.29, 1.82) is 0 Å². The maximum atomic E-state index is 6.32. The highest BCUT2D eigenvalue weighted by Gasteiger charge is 2.28. The molecule has 1 aliphatic rings. The molecule has 0 aliphatic heterocycles. The van der Waals surface area contributed by atoms with E-state index in [1.165, 1.54) is 11.1 Å². The van der Waals surface area contributed by atoms with Crippen LogP contribution in [0.5, 0.6) is 0 Å². The van der Waals surface area contributed by atoms with Crippen LogP contribution < -0.4 is 5.73 Å². The predicted octanol–water partition coefficient (Wildman–Crippen LogP) is 2.78. The van der Waals surface area contributed by atoms with Gasteiger partial charge in [-0.15, -0.1) is 0 Å². The van der Waals surface area contributed by atoms with Gasteiger partial charge in [-0.25, -0.2) is 4.98 Å². The highest BCUT2D eigenvalue weighted by molar-refractivity contribution is 7.99. The Balaban J connectivity index is 1.82. The van der Waals surface area contributed by atoms with Gasteiger partial charge in [0.05, 0.1) is 6.20 Å². The van der Waals surface area contributed by atoms with E-state index in [0.29, 0.717) is 10.5 Å². The molecular weight excluding hydrogens is 232 g/mol. The highest BCUT2D eigenvalue weighted by Crippen LogP contribution is 2.38. The zero-order valence-corrected chi connectivity index (χ0v) is 10.2. The molecule has 88 valence electrons. The quantitative estimate of drug-likeness (QED) is 0.885. The molecule has 1 heterocycles. The molecule has 4 heteroatoms. The Bertz CT molecular complexity index is 498. The van der Waals surface area contributed by atoms with Gasteiger partial charge < -0.3 is 10.2 Å². The lowest BCUT2D eigenvalue weighted by Crippen LogP contribution is -2.29. The number of thioether (sulfide) groups is 1. The van der Waals surface area contributed by atoms with E-state index in [2.05, 4.69) is 29.2 Å². The average Bonchev–Trinajstić information content (AvgIpc) is 2.86. The van der Waals surface area contributed by atoms with Crippen LogP contribution in [0.15, 0.2) is 46.4 Å². The van der Waals surface area contributed by atoms with Crippen molar-refractivity contribution in [2.24, 2.45) is 5.73 Å². The van der Waals surface area contributed by atoms with Gasteiger partial charge in [0.25, 0.3) is 5.22 Å². The summed E-state index contributed by atoms with van der Waals surface area (Å²) in [7, 11) is 0. The number of hydrogen-bond donors (Lipinski definition) is 1. The lowest BCUT2D eigenvalue weighted by atomic mass is 9.88. The van der Waals surface area contributed by atoms with Crippen molar-refractivity contribution in [3.8, 4) is 0 Å². The number of benzene rings is 1. The average molecular weight is 246 g/mol. The molecule has 0 fully saturated rings. The van der Waals surface area contributed by atoms with E-state index >= 15 is 0 Å². The molecule has 3 rings (SSSR count). The molecule has 0 bridgehead atoms. The molecule has 17 heavy (non-hydrogen) atoms. The third-order valence-corrected chi connectivity index (χ3v) is 4.41. The first kappa shape index (κ1) is 10.9. The van der Waals surface area contributed by atoms with E-state index < -0.39 is 0 Å². The standard InChI is InChI=1S/C13H14N2OS/c14-12-10-4-2-1-3-9(10)5-6-11(12)17-13-15-7-8-16-13/h1-4,7-8,11-12H,5-6,14H2. The molecule has 2 N–H and O–H groups in total. The molecule has 1 aliphatic carbocycles. The van der Waals surface area contributed by atoms with E-state index in [1.54, 1.807) is 24.2 Å². The number of aryl methyl sites for hydroxylation is 1. The van der Waals surface area contributed by atoms with Crippen LogP contribution in [0.1, 0.15) is 23.6 Å². The van der Waals surface area contributed by atoms with Gasteiger partial charge in [0.1, 0.15) is 6.26 Å². The van der Waals surface area contributed by atoms with Crippen LogP contribution >= 0.6 is 11.8 Å². The maximum absolute atomic E-state index is 6.32.